The van der Waals surface area contributed by atoms with Gasteiger partial charge in [0.05, 0.1) is 6.61 Å². The Balaban J connectivity index is 0. The van der Waals surface area contributed by atoms with Gasteiger partial charge in [-0.15, -0.1) is 0 Å². The summed E-state index contributed by atoms with van der Waals surface area (Å²) in [4.78, 5) is 9.82. The average Bonchev–Trinajstić information content (AvgIpc) is 2.13. The van der Waals surface area contributed by atoms with Crippen LogP contribution in [0.3, 0.4) is 0 Å². The molecule has 14 heavy (non-hydrogen) atoms. The summed E-state index contributed by atoms with van der Waals surface area (Å²) in [6.07, 6.45) is 3.83. The molecule has 0 aliphatic rings. The van der Waals surface area contributed by atoms with E-state index in [0.717, 1.165) is 25.7 Å². The lowest BCUT2D eigenvalue weighted by Gasteiger charge is -1.93. The maximum absolute atomic E-state index is 9.82. The van der Waals surface area contributed by atoms with Crippen LogP contribution in [0, 0.1) is 0 Å². The van der Waals surface area contributed by atoms with Gasteiger partial charge < -0.3 is 14.9 Å². The summed E-state index contributed by atoms with van der Waals surface area (Å²) in [6, 6.07) is 0. The van der Waals surface area contributed by atoms with Crippen molar-refractivity contribution in [1.29, 1.82) is 0 Å². The molecule has 0 aliphatic carbocycles. The number of aliphatic hydroxyl groups excluding tert-OH is 2. The first-order valence-corrected chi connectivity index (χ1v) is 5.04. The lowest BCUT2D eigenvalue weighted by atomic mass is 10.2. The van der Waals surface area contributed by atoms with E-state index in [1.165, 1.54) is 6.92 Å². The molecule has 0 radical (unpaired) electrons. The highest BCUT2D eigenvalue weighted by Gasteiger charge is 1.84. The highest BCUT2D eigenvalue weighted by molar-refractivity contribution is 5.65. The first-order valence-electron chi connectivity index (χ1n) is 5.04. The summed E-state index contributed by atoms with van der Waals surface area (Å²) in [6.45, 7) is 4.22. The topological polar surface area (TPSA) is 66.8 Å². The van der Waals surface area contributed by atoms with Gasteiger partial charge in [-0.2, -0.15) is 0 Å². The maximum Gasteiger partial charge on any atom is 0.302 e. The normalized spacial score (nSPS) is 8.86. The minimum atomic E-state index is -0.211. The van der Waals surface area contributed by atoms with Gasteiger partial charge in [0.1, 0.15) is 0 Å². The quantitative estimate of drug-likeness (QED) is 0.504. The van der Waals surface area contributed by atoms with Crippen LogP contribution in [0.25, 0.3) is 0 Å². The van der Waals surface area contributed by atoms with E-state index in [0.29, 0.717) is 6.61 Å². The Morgan fingerprint density at radius 3 is 1.64 bits per heavy atom. The molecule has 0 saturated heterocycles. The van der Waals surface area contributed by atoms with Crippen LogP contribution < -0.4 is 0 Å². The van der Waals surface area contributed by atoms with Crippen molar-refractivity contribution in [2.24, 2.45) is 0 Å². The molecule has 86 valence electrons. The van der Waals surface area contributed by atoms with Gasteiger partial charge in [-0.1, -0.05) is 12.8 Å². The summed E-state index contributed by atoms with van der Waals surface area (Å²) in [7, 11) is 0. The smallest absolute Gasteiger partial charge is 0.302 e. The van der Waals surface area contributed by atoms with E-state index < -0.39 is 0 Å². The van der Waals surface area contributed by atoms with E-state index in [-0.39, 0.29) is 19.2 Å². The van der Waals surface area contributed by atoms with Crippen molar-refractivity contribution >= 4 is 5.97 Å². The molecule has 0 spiro atoms. The molecule has 4 heteroatoms. The van der Waals surface area contributed by atoms with Crippen LogP contribution in [0.4, 0.5) is 0 Å². The summed E-state index contributed by atoms with van der Waals surface area (Å²) >= 11 is 0. The average molecular weight is 206 g/mol. The second kappa shape index (κ2) is 14.9. The van der Waals surface area contributed by atoms with Crippen LogP contribution in [-0.4, -0.2) is 36.0 Å². The Labute approximate surface area is 85.9 Å². The van der Waals surface area contributed by atoms with Gasteiger partial charge in [0.15, 0.2) is 0 Å². The molecule has 4 nitrogen and oxygen atoms in total. The molecule has 0 unspecified atom stereocenters. The number of hydrogen-bond donors (Lipinski definition) is 2. The summed E-state index contributed by atoms with van der Waals surface area (Å²) in [5.74, 6) is -0.211. The molecule has 0 aliphatic heterocycles. The number of carbonyl (C=O) groups excluding carboxylic acids is 1. The molecule has 0 fully saturated rings. The molecule has 2 N–H and O–H groups in total. The van der Waals surface area contributed by atoms with Gasteiger partial charge in [0.25, 0.3) is 0 Å². The molecule has 0 rings (SSSR count). The molecule has 0 heterocycles. The Bertz CT molecular complexity index is 109. The minimum absolute atomic E-state index is 0.211. The van der Waals surface area contributed by atoms with Gasteiger partial charge in [-0.05, 0) is 19.8 Å². The van der Waals surface area contributed by atoms with Crippen LogP contribution in [0.1, 0.15) is 39.5 Å². The third kappa shape index (κ3) is 22.5. The SMILES string of the molecule is CCOC(C)=O.OCCCCCCO. The van der Waals surface area contributed by atoms with Gasteiger partial charge in [-0.3, -0.25) is 4.79 Å². The fourth-order valence-electron chi connectivity index (χ4n) is 0.780. The Morgan fingerprint density at radius 1 is 1.07 bits per heavy atom. The molecule has 0 aromatic carbocycles. The fraction of sp³-hybridized carbons (Fsp3) is 0.900. The number of hydrogen-bond acceptors (Lipinski definition) is 4. The van der Waals surface area contributed by atoms with Crippen molar-refractivity contribution in [2.45, 2.75) is 39.5 Å². The zero-order valence-corrected chi connectivity index (χ0v) is 9.16. The van der Waals surface area contributed by atoms with E-state index in [4.69, 9.17) is 10.2 Å². The number of carbonyl (C=O) groups is 1. The number of unbranched alkanes of at least 4 members (excludes halogenated alkanes) is 3. The lowest BCUT2D eigenvalue weighted by Crippen LogP contribution is -1.95. The van der Waals surface area contributed by atoms with E-state index in [9.17, 15) is 4.79 Å². The van der Waals surface area contributed by atoms with Gasteiger partial charge in [-0.25, -0.2) is 0 Å². The third-order valence-electron chi connectivity index (χ3n) is 1.41. The number of aliphatic hydroxyl groups is 2. The van der Waals surface area contributed by atoms with E-state index in [1.807, 2.05) is 0 Å². The van der Waals surface area contributed by atoms with Crippen LogP contribution in [0.15, 0.2) is 0 Å². The fourth-order valence-corrected chi connectivity index (χ4v) is 0.780. The van der Waals surface area contributed by atoms with Crippen molar-refractivity contribution in [3.63, 3.8) is 0 Å². The number of rotatable bonds is 6. The molecule has 0 aromatic heterocycles. The maximum atomic E-state index is 9.82. The Kier molecular flexibility index (Phi) is 16.9. The van der Waals surface area contributed by atoms with Crippen LogP contribution in [0.5, 0.6) is 0 Å². The second-order valence-corrected chi connectivity index (χ2v) is 2.79. The Morgan fingerprint density at radius 2 is 1.50 bits per heavy atom. The third-order valence-corrected chi connectivity index (χ3v) is 1.41. The van der Waals surface area contributed by atoms with Crippen LogP contribution in [0.2, 0.25) is 0 Å². The van der Waals surface area contributed by atoms with Crippen molar-refractivity contribution in [1.82, 2.24) is 0 Å². The summed E-state index contributed by atoms with van der Waals surface area (Å²) in [5.41, 5.74) is 0. The zero-order valence-electron chi connectivity index (χ0n) is 9.16. The van der Waals surface area contributed by atoms with Gasteiger partial charge >= 0.3 is 5.97 Å². The first kappa shape index (κ1) is 15.8. The zero-order chi connectivity index (χ0) is 11.2. The number of esters is 1. The first-order chi connectivity index (χ1) is 6.68. The molecule has 0 aromatic rings. The Hall–Kier alpha value is -0.610. The van der Waals surface area contributed by atoms with E-state index in [2.05, 4.69) is 4.74 Å². The minimum Gasteiger partial charge on any atom is -0.466 e. The standard InChI is InChI=1S/C6H14O2.C4H8O2/c7-5-3-1-2-4-6-8;1-3-6-4(2)5/h7-8H,1-6H2;3H2,1-2H3. The van der Waals surface area contributed by atoms with E-state index in [1.54, 1.807) is 6.92 Å². The predicted octanol–water partition coefficient (Wildman–Crippen LogP) is 1.10. The lowest BCUT2D eigenvalue weighted by molar-refractivity contribution is -0.140. The number of ether oxygens (including phenoxy) is 1. The molecule has 0 bridgehead atoms. The second-order valence-electron chi connectivity index (χ2n) is 2.79. The van der Waals surface area contributed by atoms with Crippen molar-refractivity contribution in [3.8, 4) is 0 Å². The monoisotopic (exact) mass is 206 g/mol. The van der Waals surface area contributed by atoms with Crippen molar-refractivity contribution in [2.75, 3.05) is 19.8 Å². The van der Waals surface area contributed by atoms with E-state index >= 15 is 0 Å². The van der Waals surface area contributed by atoms with Crippen molar-refractivity contribution < 1.29 is 19.7 Å². The summed E-state index contributed by atoms with van der Waals surface area (Å²) < 4.78 is 4.40. The van der Waals surface area contributed by atoms with Crippen LogP contribution in [-0.2, 0) is 9.53 Å². The highest BCUT2D eigenvalue weighted by Crippen LogP contribution is 1.96. The summed E-state index contributed by atoms with van der Waals surface area (Å²) in [5, 5.41) is 16.6. The van der Waals surface area contributed by atoms with Gasteiger partial charge in [0.2, 0.25) is 0 Å². The highest BCUT2D eigenvalue weighted by atomic mass is 16.5. The molecular weight excluding hydrogens is 184 g/mol. The van der Waals surface area contributed by atoms with Gasteiger partial charge in [0, 0.05) is 20.1 Å². The largest absolute Gasteiger partial charge is 0.466 e. The molecule has 0 atom stereocenters. The van der Waals surface area contributed by atoms with Crippen LogP contribution >= 0.6 is 0 Å². The molecule has 0 amide bonds. The predicted molar refractivity (Wildman–Crippen MR) is 54.9 cm³/mol. The molecule has 0 saturated carbocycles. The molecular formula is C10H22O4. The van der Waals surface area contributed by atoms with Crippen molar-refractivity contribution in [3.05, 3.63) is 0 Å².